The third-order valence-corrected chi connectivity index (χ3v) is 9.87. The van der Waals surface area contributed by atoms with Gasteiger partial charge in [-0.05, 0) is 55.4 Å². The maximum Gasteiger partial charge on any atom is 0.255 e. The summed E-state index contributed by atoms with van der Waals surface area (Å²) in [6.45, 7) is 0. The van der Waals surface area contributed by atoms with E-state index in [2.05, 4.69) is 10.3 Å². The van der Waals surface area contributed by atoms with Crippen LogP contribution in [0.15, 0.2) is 59.8 Å². The Labute approximate surface area is 210 Å². The van der Waals surface area contributed by atoms with Crippen molar-refractivity contribution in [1.29, 1.82) is 0 Å². The van der Waals surface area contributed by atoms with Crippen LogP contribution in [0.5, 0.6) is 0 Å². The van der Waals surface area contributed by atoms with Crippen molar-refractivity contribution in [3.8, 4) is 0 Å². The molecule has 2 unspecified atom stereocenters. The van der Waals surface area contributed by atoms with Gasteiger partial charge in [0.2, 0.25) is 0 Å². The molecule has 188 valence electrons. The summed E-state index contributed by atoms with van der Waals surface area (Å²) >= 11 is 6.21. The molecule has 3 fully saturated rings. The van der Waals surface area contributed by atoms with Crippen molar-refractivity contribution in [2.45, 2.75) is 35.0 Å². The van der Waals surface area contributed by atoms with Crippen molar-refractivity contribution < 1.29 is 31.5 Å². The number of nitrogens with zero attached hydrogens (tertiary/aromatic N) is 1. The number of rotatable bonds is 5. The first-order valence-electron chi connectivity index (χ1n) is 11.1. The lowest BCUT2D eigenvalue weighted by molar-refractivity contribution is -0.184. The standard InChI is InChI=1S/C25H20ClF3N2O4S/c26-19-4-3-13(24(32)31-17-10-20(27)23(29)21(28)11-17)6-22(19)36(34,35)18-8-15-7-16(9-18)25(15,33)14-2-1-5-30-12-14/h1-6,10-12,15-16,18,33H,7-9H2,(H,31,32). The van der Waals surface area contributed by atoms with Gasteiger partial charge in [0.05, 0.1) is 20.8 Å². The zero-order valence-electron chi connectivity index (χ0n) is 18.6. The lowest BCUT2D eigenvalue weighted by Crippen LogP contribution is -2.59. The first-order chi connectivity index (χ1) is 17.0. The number of sulfone groups is 1. The van der Waals surface area contributed by atoms with Crippen molar-refractivity contribution in [3.63, 3.8) is 0 Å². The minimum Gasteiger partial charge on any atom is -0.385 e. The number of hydrogen-bond donors (Lipinski definition) is 2. The van der Waals surface area contributed by atoms with E-state index in [0.29, 0.717) is 24.1 Å². The van der Waals surface area contributed by atoms with E-state index < -0.39 is 44.0 Å². The number of nitrogens with one attached hydrogen (secondary N) is 1. The van der Waals surface area contributed by atoms with Crippen LogP contribution >= 0.6 is 11.6 Å². The molecule has 0 aliphatic heterocycles. The van der Waals surface area contributed by atoms with Gasteiger partial charge in [-0.3, -0.25) is 9.78 Å². The van der Waals surface area contributed by atoms with Crippen molar-refractivity contribution in [2.24, 2.45) is 11.8 Å². The second-order valence-corrected chi connectivity index (χ2v) is 11.8. The van der Waals surface area contributed by atoms with Crippen LogP contribution in [0.3, 0.4) is 0 Å². The van der Waals surface area contributed by atoms with Crippen molar-refractivity contribution in [3.05, 3.63) is 88.5 Å². The van der Waals surface area contributed by atoms with Crippen LogP contribution in [-0.4, -0.2) is 29.7 Å². The fraction of sp³-hybridized carbons (Fsp3) is 0.280. The summed E-state index contributed by atoms with van der Waals surface area (Å²) in [5.74, 6) is -6.03. The quantitative estimate of drug-likeness (QED) is 0.454. The van der Waals surface area contributed by atoms with E-state index in [1.807, 2.05) is 0 Å². The van der Waals surface area contributed by atoms with Gasteiger partial charge in [-0.2, -0.15) is 0 Å². The molecule has 2 atom stereocenters. The second-order valence-electron chi connectivity index (χ2n) is 9.19. The minimum absolute atomic E-state index is 0.0767. The number of halogens is 4. The van der Waals surface area contributed by atoms with E-state index in [1.165, 1.54) is 12.1 Å². The molecule has 6 nitrogen and oxygen atoms in total. The Hall–Kier alpha value is -2.95. The predicted molar refractivity (Wildman–Crippen MR) is 126 cm³/mol. The van der Waals surface area contributed by atoms with E-state index in [1.54, 1.807) is 24.5 Å². The van der Waals surface area contributed by atoms with Crippen LogP contribution < -0.4 is 5.32 Å². The number of carbonyl (C=O) groups is 1. The number of hydrogen-bond acceptors (Lipinski definition) is 5. The molecule has 6 rings (SSSR count). The van der Waals surface area contributed by atoms with E-state index in [0.717, 1.165) is 6.07 Å². The Kier molecular flexibility index (Phi) is 6.09. The van der Waals surface area contributed by atoms with Gasteiger partial charge in [-0.25, -0.2) is 21.6 Å². The summed E-state index contributed by atoms with van der Waals surface area (Å²) in [6.07, 6.45) is 4.31. The normalized spacial score (nSPS) is 25.2. The Morgan fingerprint density at radius 1 is 1.06 bits per heavy atom. The van der Waals surface area contributed by atoms with E-state index in [9.17, 15) is 31.5 Å². The fourth-order valence-corrected chi connectivity index (χ4v) is 7.76. The zero-order valence-corrected chi connectivity index (χ0v) is 20.2. The number of aliphatic hydroxyl groups is 1. The largest absolute Gasteiger partial charge is 0.385 e. The van der Waals surface area contributed by atoms with Gasteiger partial charge >= 0.3 is 0 Å². The molecule has 3 aromatic rings. The SMILES string of the molecule is O=C(Nc1cc(F)c(F)c(F)c1)c1ccc(Cl)c(S(=O)(=O)C2CC3CC(C2)C3(O)c2cccnc2)c1. The molecule has 2 bridgehead atoms. The molecular formula is C25H20ClF3N2O4S. The number of benzene rings is 2. The molecule has 36 heavy (non-hydrogen) atoms. The van der Waals surface area contributed by atoms with Crippen LogP contribution in [-0.2, 0) is 15.4 Å². The molecule has 3 aliphatic rings. The van der Waals surface area contributed by atoms with Crippen molar-refractivity contribution in [2.75, 3.05) is 5.32 Å². The summed E-state index contributed by atoms with van der Waals surface area (Å²) in [7, 11) is -3.98. The van der Waals surface area contributed by atoms with E-state index >= 15 is 0 Å². The maximum atomic E-state index is 13.5. The molecule has 11 heteroatoms. The van der Waals surface area contributed by atoms with Gasteiger partial charge < -0.3 is 10.4 Å². The highest BCUT2D eigenvalue weighted by Gasteiger charge is 2.60. The summed E-state index contributed by atoms with van der Waals surface area (Å²) < 4.78 is 67.2. The molecule has 2 N–H and O–H groups in total. The number of fused-ring (bicyclic) bond motifs is 2. The average molecular weight is 537 g/mol. The third kappa shape index (κ3) is 3.97. The lowest BCUT2D eigenvalue weighted by Gasteiger charge is -2.58. The number of aromatic nitrogens is 1. The van der Waals surface area contributed by atoms with Gasteiger partial charge in [0, 0.05) is 41.3 Å². The van der Waals surface area contributed by atoms with Gasteiger partial charge in [-0.15, -0.1) is 0 Å². The van der Waals surface area contributed by atoms with Crippen LogP contribution in [0.2, 0.25) is 5.02 Å². The molecule has 0 radical (unpaired) electrons. The topological polar surface area (TPSA) is 96.4 Å². The highest BCUT2D eigenvalue weighted by Crippen LogP contribution is 2.60. The summed E-state index contributed by atoms with van der Waals surface area (Å²) in [5.41, 5.74) is -0.924. The zero-order chi connectivity index (χ0) is 25.8. The highest BCUT2D eigenvalue weighted by atomic mass is 35.5. The van der Waals surface area contributed by atoms with Gasteiger partial charge in [0.1, 0.15) is 0 Å². The Balaban J connectivity index is 1.38. The van der Waals surface area contributed by atoms with Gasteiger partial charge in [0.15, 0.2) is 27.3 Å². The van der Waals surface area contributed by atoms with Crippen molar-refractivity contribution in [1.82, 2.24) is 4.98 Å². The molecule has 1 aromatic heterocycles. The number of pyridine rings is 1. The minimum atomic E-state index is -3.98. The van der Waals surface area contributed by atoms with Crippen LogP contribution in [0.1, 0.15) is 35.2 Å². The molecule has 1 heterocycles. The highest BCUT2D eigenvalue weighted by molar-refractivity contribution is 7.92. The monoisotopic (exact) mass is 536 g/mol. The number of amides is 1. The van der Waals surface area contributed by atoms with Crippen LogP contribution in [0.4, 0.5) is 18.9 Å². The smallest absolute Gasteiger partial charge is 0.255 e. The van der Waals surface area contributed by atoms with Gasteiger partial charge in [-0.1, -0.05) is 17.7 Å². The molecule has 1 amide bonds. The fourth-order valence-electron chi connectivity index (χ4n) is 5.36. The maximum absolute atomic E-state index is 13.5. The summed E-state index contributed by atoms with van der Waals surface area (Å²) in [6, 6.07) is 8.36. The Morgan fingerprint density at radius 2 is 1.72 bits per heavy atom. The predicted octanol–water partition coefficient (Wildman–Crippen LogP) is 4.86. The Morgan fingerprint density at radius 3 is 2.33 bits per heavy atom. The molecule has 2 aromatic carbocycles. The first-order valence-corrected chi connectivity index (χ1v) is 13.1. The molecule has 0 saturated heterocycles. The second kappa shape index (κ2) is 8.86. The Bertz CT molecular complexity index is 1430. The van der Waals surface area contributed by atoms with Crippen molar-refractivity contribution >= 4 is 33.0 Å². The molecule has 3 aliphatic carbocycles. The summed E-state index contributed by atoms with van der Waals surface area (Å²) in [5, 5.41) is 12.6. The van der Waals surface area contributed by atoms with Gasteiger partial charge in [0.25, 0.3) is 5.91 Å². The lowest BCUT2D eigenvalue weighted by atomic mass is 9.52. The first kappa shape index (κ1) is 24.7. The molecular weight excluding hydrogens is 517 g/mol. The van der Waals surface area contributed by atoms with Crippen LogP contribution in [0.25, 0.3) is 0 Å². The van der Waals surface area contributed by atoms with Crippen LogP contribution in [0, 0.1) is 29.3 Å². The molecule has 3 saturated carbocycles. The average Bonchev–Trinajstić information content (AvgIpc) is 2.87. The number of carbonyl (C=O) groups excluding carboxylic acids is 1. The molecule has 0 spiro atoms. The van der Waals surface area contributed by atoms with E-state index in [-0.39, 0.29) is 45.8 Å². The summed E-state index contributed by atoms with van der Waals surface area (Å²) in [4.78, 5) is 16.5. The van der Waals surface area contributed by atoms with E-state index in [4.69, 9.17) is 11.6 Å². The number of anilines is 1. The third-order valence-electron chi connectivity index (χ3n) is 7.21.